The van der Waals surface area contributed by atoms with Crippen LogP contribution in [0, 0.1) is 5.82 Å². The van der Waals surface area contributed by atoms with Crippen molar-refractivity contribution in [2.24, 2.45) is 0 Å². The SMILES string of the molecule is COc1cc(F)c(Br)c(C(O)C(=O)O)c1OC. The molecule has 0 aliphatic heterocycles. The second-order valence-electron chi connectivity index (χ2n) is 3.06. The number of carbonyl (C=O) groups is 1. The van der Waals surface area contributed by atoms with Crippen molar-refractivity contribution >= 4 is 21.9 Å². The number of rotatable bonds is 4. The number of carboxylic acids is 1. The van der Waals surface area contributed by atoms with E-state index in [2.05, 4.69) is 15.9 Å². The van der Waals surface area contributed by atoms with E-state index in [0.717, 1.165) is 6.07 Å². The standard InChI is InChI=1S/C10H10BrFO5/c1-16-5-3-4(12)7(11)6(9(5)17-2)8(13)10(14)15/h3,8,13H,1-2H3,(H,14,15). The highest BCUT2D eigenvalue weighted by molar-refractivity contribution is 9.10. The maximum Gasteiger partial charge on any atom is 0.337 e. The lowest BCUT2D eigenvalue weighted by atomic mass is 10.1. The van der Waals surface area contributed by atoms with E-state index in [0.29, 0.717) is 0 Å². The molecule has 1 aromatic rings. The van der Waals surface area contributed by atoms with Gasteiger partial charge in [0.2, 0.25) is 0 Å². The molecule has 0 amide bonds. The molecule has 0 spiro atoms. The van der Waals surface area contributed by atoms with Crippen LogP contribution in [-0.4, -0.2) is 30.4 Å². The van der Waals surface area contributed by atoms with Crippen molar-refractivity contribution in [3.8, 4) is 11.5 Å². The molecule has 0 heterocycles. The molecule has 0 radical (unpaired) electrons. The number of aliphatic carboxylic acids is 1. The highest BCUT2D eigenvalue weighted by Crippen LogP contribution is 2.41. The molecule has 7 heteroatoms. The molecule has 17 heavy (non-hydrogen) atoms. The average Bonchev–Trinajstić information content (AvgIpc) is 2.30. The molecule has 94 valence electrons. The Balaban J connectivity index is 3.53. The van der Waals surface area contributed by atoms with Crippen molar-refractivity contribution < 1.29 is 28.9 Å². The quantitative estimate of drug-likeness (QED) is 0.886. The van der Waals surface area contributed by atoms with Gasteiger partial charge in [-0.25, -0.2) is 9.18 Å². The van der Waals surface area contributed by atoms with Crippen molar-refractivity contribution in [1.82, 2.24) is 0 Å². The molecule has 0 saturated heterocycles. The normalized spacial score (nSPS) is 12.1. The number of carboxylic acid groups (broad SMARTS) is 1. The second kappa shape index (κ2) is 5.33. The van der Waals surface area contributed by atoms with Crippen LogP contribution in [0.1, 0.15) is 11.7 Å². The maximum absolute atomic E-state index is 13.5. The molecule has 1 rings (SSSR count). The van der Waals surface area contributed by atoms with Crippen LogP contribution in [0.2, 0.25) is 0 Å². The fourth-order valence-electron chi connectivity index (χ4n) is 1.33. The zero-order valence-electron chi connectivity index (χ0n) is 9.03. The number of benzene rings is 1. The predicted molar refractivity (Wildman–Crippen MR) is 59.8 cm³/mol. The number of hydrogen-bond acceptors (Lipinski definition) is 4. The number of halogens is 2. The molecule has 0 saturated carbocycles. The van der Waals surface area contributed by atoms with Crippen LogP contribution in [0.5, 0.6) is 11.5 Å². The summed E-state index contributed by atoms with van der Waals surface area (Å²) in [5.74, 6) is -2.30. The van der Waals surface area contributed by atoms with E-state index >= 15 is 0 Å². The summed E-state index contributed by atoms with van der Waals surface area (Å²) in [6.45, 7) is 0. The van der Waals surface area contributed by atoms with Gasteiger partial charge in [0, 0.05) is 6.07 Å². The van der Waals surface area contributed by atoms with E-state index in [1.54, 1.807) is 0 Å². The third kappa shape index (κ3) is 2.50. The minimum absolute atomic E-state index is 0.00324. The molecule has 0 bridgehead atoms. The van der Waals surface area contributed by atoms with E-state index < -0.39 is 17.9 Å². The fraction of sp³-hybridized carbons (Fsp3) is 0.300. The molecule has 5 nitrogen and oxygen atoms in total. The first-order chi connectivity index (χ1) is 7.93. The lowest BCUT2D eigenvalue weighted by Crippen LogP contribution is -2.13. The molecule has 0 aliphatic rings. The van der Waals surface area contributed by atoms with E-state index in [4.69, 9.17) is 14.6 Å². The van der Waals surface area contributed by atoms with Gasteiger partial charge in [0.25, 0.3) is 0 Å². The van der Waals surface area contributed by atoms with E-state index in [1.165, 1.54) is 14.2 Å². The van der Waals surface area contributed by atoms with Gasteiger partial charge in [-0.2, -0.15) is 0 Å². The Bertz CT molecular complexity index is 449. The Hall–Kier alpha value is -1.34. The highest BCUT2D eigenvalue weighted by atomic mass is 79.9. The summed E-state index contributed by atoms with van der Waals surface area (Å²) in [5, 5.41) is 18.2. The van der Waals surface area contributed by atoms with Crippen LogP contribution >= 0.6 is 15.9 Å². The van der Waals surface area contributed by atoms with Gasteiger partial charge in [-0.15, -0.1) is 0 Å². The van der Waals surface area contributed by atoms with Gasteiger partial charge in [-0.1, -0.05) is 0 Å². The summed E-state index contributed by atoms with van der Waals surface area (Å²) < 4.78 is 23.1. The molecule has 2 N–H and O–H groups in total. The van der Waals surface area contributed by atoms with Crippen LogP contribution in [0.15, 0.2) is 10.5 Å². The molecule has 1 unspecified atom stereocenters. The van der Waals surface area contributed by atoms with Crippen LogP contribution in [0.3, 0.4) is 0 Å². The molecule has 1 atom stereocenters. The zero-order chi connectivity index (χ0) is 13.2. The summed E-state index contributed by atoms with van der Waals surface area (Å²) in [5.41, 5.74) is -0.225. The number of ether oxygens (including phenoxy) is 2. The topological polar surface area (TPSA) is 76.0 Å². The molecule has 1 aromatic carbocycles. The minimum atomic E-state index is -1.91. The second-order valence-corrected chi connectivity index (χ2v) is 3.86. The summed E-state index contributed by atoms with van der Waals surface area (Å²) >= 11 is 2.87. The molecular formula is C10H10BrFO5. The minimum Gasteiger partial charge on any atom is -0.493 e. The predicted octanol–water partition coefficient (Wildman–Crippen LogP) is 1.72. The van der Waals surface area contributed by atoms with Crippen molar-refractivity contribution in [1.29, 1.82) is 0 Å². The average molecular weight is 309 g/mol. The van der Waals surface area contributed by atoms with Gasteiger partial charge in [0.05, 0.1) is 24.3 Å². The number of aliphatic hydroxyl groups excluding tert-OH is 1. The van der Waals surface area contributed by atoms with Gasteiger partial charge >= 0.3 is 5.97 Å². The van der Waals surface area contributed by atoms with Crippen molar-refractivity contribution in [2.45, 2.75) is 6.10 Å². The van der Waals surface area contributed by atoms with Gasteiger partial charge in [0.1, 0.15) is 5.82 Å². The first-order valence-corrected chi connectivity index (χ1v) is 5.24. The number of hydrogen-bond donors (Lipinski definition) is 2. The number of methoxy groups -OCH3 is 2. The lowest BCUT2D eigenvalue weighted by molar-refractivity contribution is -0.147. The highest BCUT2D eigenvalue weighted by Gasteiger charge is 2.28. The summed E-state index contributed by atoms with van der Waals surface area (Å²) in [7, 11) is 2.54. The molecule has 0 aliphatic carbocycles. The molecular weight excluding hydrogens is 299 g/mol. The monoisotopic (exact) mass is 308 g/mol. The zero-order valence-corrected chi connectivity index (χ0v) is 10.6. The van der Waals surface area contributed by atoms with E-state index in [9.17, 15) is 14.3 Å². The van der Waals surface area contributed by atoms with Crippen LogP contribution in [0.4, 0.5) is 4.39 Å². The largest absolute Gasteiger partial charge is 0.493 e. The van der Waals surface area contributed by atoms with Crippen molar-refractivity contribution in [3.63, 3.8) is 0 Å². The van der Waals surface area contributed by atoms with E-state index in [1.807, 2.05) is 0 Å². The van der Waals surface area contributed by atoms with Crippen molar-refractivity contribution in [3.05, 3.63) is 21.9 Å². The first-order valence-electron chi connectivity index (χ1n) is 4.44. The Labute approximate surface area is 105 Å². The Kier molecular flexibility index (Phi) is 4.30. The lowest BCUT2D eigenvalue weighted by Gasteiger charge is -2.16. The van der Waals surface area contributed by atoms with Crippen LogP contribution in [-0.2, 0) is 4.79 Å². The van der Waals surface area contributed by atoms with Gasteiger partial charge in [-0.05, 0) is 15.9 Å². The third-order valence-electron chi connectivity index (χ3n) is 2.10. The smallest absolute Gasteiger partial charge is 0.337 e. The third-order valence-corrected chi connectivity index (χ3v) is 2.91. The van der Waals surface area contributed by atoms with Crippen LogP contribution < -0.4 is 9.47 Å². The fourth-order valence-corrected chi connectivity index (χ4v) is 1.85. The first kappa shape index (κ1) is 13.7. The van der Waals surface area contributed by atoms with E-state index in [-0.39, 0.29) is 21.5 Å². The Morgan fingerprint density at radius 3 is 2.47 bits per heavy atom. The van der Waals surface area contributed by atoms with Gasteiger partial charge < -0.3 is 19.7 Å². The van der Waals surface area contributed by atoms with Gasteiger partial charge in [0.15, 0.2) is 17.6 Å². The van der Waals surface area contributed by atoms with Gasteiger partial charge in [-0.3, -0.25) is 0 Å². The summed E-state index contributed by atoms with van der Waals surface area (Å²) in [6.07, 6.45) is -1.91. The summed E-state index contributed by atoms with van der Waals surface area (Å²) in [4.78, 5) is 10.7. The maximum atomic E-state index is 13.5. The summed E-state index contributed by atoms with van der Waals surface area (Å²) in [6, 6.07) is 1.03. The Morgan fingerprint density at radius 2 is 2.06 bits per heavy atom. The molecule has 0 aromatic heterocycles. The Morgan fingerprint density at radius 1 is 1.47 bits per heavy atom. The van der Waals surface area contributed by atoms with Crippen LogP contribution in [0.25, 0.3) is 0 Å². The number of aliphatic hydroxyl groups is 1. The molecule has 0 fully saturated rings. The van der Waals surface area contributed by atoms with Crippen molar-refractivity contribution in [2.75, 3.05) is 14.2 Å².